The lowest BCUT2D eigenvalue weighted by atomic mass is 9.70. The van der Waals surface area contributed by atoms with Gasteiger partial charge in [0.25, 0.3) is 0 Å². The SMILES string of the molecule is CC1(C)c2ccc(N(c3ccc4c(c3)-c3ccccc3C43c4ccccc4-c4ccccc43)c3ccc4c(c3)oc3ccccc34)cc2-c2c(-c3ccccc3)cccc21. The van der Waals surface area contributed by atoms with Crippen molar-refractivity contribution in [3.63, 3.8) is 0 Å². The van der Waals surface area contributed by atoms with E-state index in [-0.39, 0.29) is 5.41 Å². The average molecular weight is 766 g/mol. The van der Waals surface area contributed by atoms with Gasteiger partial charge in [-0.1, -0.05) is 166 Å². The zero-order valence-corrected chi connectivity index (χ0v) is 33.4. The topological polar surface area (TPSA) is 16.4 Å². The summed E-state index contributed by atoms with van der Waals surface area (Å²) in [6, 6.07) is 74.2. The summed E-state index contributed by atoms with van der Waals surface area (Å²) >= 11 is 0. The number of benzene rings is 9. The fraction of sp³-hybridized carbons (Fsp3) is 0.0690. The molecule has 0 saturated carbocycles. The van der Waals surface area contributed by atoms with Crippen LogP contribution in [0.5, 0.6) is 0 Å². The summed E-state index contributed by atoms with van der Waals surface area (Å²) in [5.41, 5.74) is 22.9. The van der Waals surface area contributed by atoms with Crippen LogP contribution in [0.25, 0.3) is 66.4 Å². The van der Waals surface area contributed by atoms with Gasteiger partial charge in [0.1, 0.15) is 11.2 Å². The van der Waals surface area contributed by atoms with E-state index in [1.165, 1.54) is 77.9 Å². The number of furan rings is 1. The van der Waals surface area contributed by atoms with Gasteiger partial charge in [0.05, 0.1) is 5.41 Å². The van der Waals surface area contributed by atoms with Crippen LogP contribution in [-0.4, -0.2) is 0 Å². The molecule has 1 heterocycles. The number of fused-ring (bicyclic) bond motifs is 16. The van der Waals surface area contributed by atoms with Gasteiger partial charge in [0.2, 0.25) is 0 Å². The van der Waals surface area contributed by atoms with E-state index in [0.29, 0.717) is 0 Å². The molecular weight excluding hydrogens is 727 g/mol. The molecule has 0 fully saturated rings. The van der Waals surface area contributed by atoms with Crippen molar-refractivity contribution in [2.24, 2.45) is 0 Å². The number of para-hydroxylation sites is 1. The molecule has 1 spiro atoms. The second-order valence-electron chi connectivity index (χ2n) is 17.2. The third-order valence-electron chi connectivity index (χ3n) is 13.9. The van der Waals surface area contributed by atoms with Crippen LogP contribution in [0.3, 0.4) is 0 Å². The lowest BCUT2D eigenvalue weighted by Crippen LogP contribution is -2.25. The Bertz CT molecular complexity index is 3380. The molecule has 0 atom stereocenters. The molecule has 0 amide bonds. The first-order chi connectivity index (χ1) is 29.5. The van der Waals surface area contributed by atoms with Crippen LogP contribution >= 0.6 is 0 Å². The molecule has 9 aromatic carbocycles. The van der Waals surface area contributed by atoms with E-state index < -0.39 is 5.41 Å². The predicted octanol–water partition coefficient (Wildman–Crippen LogP) is 15.4. The van der Waals surface area contributed by atoms with E-state index in [1.54, 1.807) is 0 Å². The van der Waals surface area contributed by atoms with E-state index in [2.05, 4.69) is 213 Å². The smallest absolute Gasteiger partial charge is 0.137 e. The van der Waals surface area contributed by atoms with Crippen molar-refractivity contribution in [1.29, 1.82) is 0 Å². The van der Waals surface area contributed by atoms with Crippen LogP contribution in [0.15, 0.2) is 205 Å². The lowest BCUT2D eigenvalue weighted by Gasteiger charge is -2.31. The lowest BCUT2D eigenvalue weighted by molar-refractivity contribution is 0.660. The van der Waals surface area contributed by atoms with Gasteiger partial charge in [-0.25, -0.2) is 0 Å². The van der Waals surface area contributed by atoms with Crippen LogP contribution in [0.4, 0.5) is 17.1 Å². The second kappa shape index (κ2) is 12.1. The maximum atomic E-state index is 6.55. The Morgan fingerprint density at radius 3 is 1.57 bits per heavy atom. The van der Waals surface area contributed by atoms with Crippen LogP contribution in [-0.2, 0) is 10.8 Å². The first-order valence-electron chi connectivity index (χ1n) is 21.0. The molecule has 282 valence electrons. The summed E-state index contributed by atoms with van der Waals surface area (Å²) in [5.74, 6) is 0. The number of hydrogen-bond acceptors (Lipinski definition) is 2. The van der Waals surface area contributed by atoms with E-state index in [9.17, 15) is 0 Å². The maximum absolute atomic E-state index is 6.55. The average Bonchev–Trinajstić information content (AvgIpc) is 3.98. The fourth-order valence-electron chi connectivity index (χ4n) is 11.3. The van der Waals surface area contributed by atoms with Crippen molar-refractivity contribution in [3.05, 3.63) is 234 Å². The summed E-state index contributed by atoms with van der Waals surface area (Å²) in [6.07, 6.45) is 0. The summed E-state index contributed by atoms with van der Waals surface area (Å²) in [6.45, 7) is 4.74. The molecule has 2 nitrogen and oxygen atoms in total. The minimum Gasteiger partial charge on any atom is -0.456 e. The molecule has 0 aliphatic heterocycles. The van der Waals surface area contributed by atoms with Crippen LogP contribution in [0.2, 0.25) is 0 Å². The van der Waals surface area contributed by atoms with Gasteiger partial charge in [-0.05, 0) is 120 Å². The maximum Gasteiger partial charge on any atom is 0.137 e. The molecule has 13 rings (SSSR count). The summed E-state index contributed by atoms with van der Waals surface area (Å²) in [7, 11) is 0. The Kier molecular flexibility index (Phi) is 6.74. The van der Waals surface area contributed by atoms with Gasteiger partial charge >= 0.3 is 0 Å². The largest absolute Gasteiger partial charge is 0.456 e. The molecule has 0 N–H and O–H groups in total. The third kappa shape index (κ3) is 4.32. The van der Waals surface area contributed by atoms with E-state index in [4.69, 9.17) is 4.42 Å². The van der Waals surface area contributed by atoms with Gasteiger partial charge in [0, 0.05) is 39.3 Å². The Morgan fingerprint density at radius 1 is 0.350 bits per heavy atom. The van der Waals surface area contributed by atoms with Gasteiger partial charge in [-0.2, -0.15) is 0 Å². The Labute approximate surface area is 349 Å². The van der Waals surface area contributed by atoms with Crippen molar-refractivity contribution in [2.75, 3.05) is 4.90 Å². The summed E-state index contributed by atoms with van der Waals surface area (Å²) in [5, 5.41) is 2.25. The van der Waals surface area contributed by atoms with E-state index in [1.807, 2.05) is 6.07 Å². The molecule has 0 bridgehead atoms. The summed E-state index contributed by atoms with van der Waals surface area (Å²) in [4.78, 5) is 2.44. The van der Waals surface area contributed by atoms with Crippen LogP contribution in [0, 0.1) is 0 Å². The van der Waals surface area contributed by atoms with Gasteiger partial charge in [-0.15, -0.1) is 0 Å². The molecule has 3 aliphatic rings. The molecule has 2 heteroatoms. The second-order valence-corrected chi connectivity index (χ2v) is 17.2. The summed E-state index contributed by atoms with van der Waals surface area (Å²) < 4.78 is 6.55. The predicted molar refractivity (Wildman–Crippen MR) is 248 cm³/mol. The molecule has 60 heavy (non-hydrogen) atoms. The van der Waals surface area contributed by atoms with Gasteiger partial charge in [0.15, 0.2) is 0 Å². The van der Waals surface area contributed by atoms with Crippen LogP contribution < -0.4 is 4.90 Å². The quantitative estimate of drug-likeness (QED) is 0.177. The van der Waals surface area contributed by atoms with Gasteiger partial charge < -0.3 is 9.32 Å². The number of hydrogen-bond donors (Lipinski definition) is 0. The van der Waals surface area contributed by atoms with Crippen molar-refractivity contribution < 1.29 is 4.42 Å². The molecule has 0 saturated heterocycles. The normalized spacial score (nSPS) is 14.4. The highest BCUT2D eigenvalue weighted by Gasteiger charge is 2.51. The van der Waals surface area contributed by atoms with Crippen molar-refractivity contribution in [2.45, 2.75) is 24.7 Å². The molecular formula is C58H39NO. The molecule has 0 unspecified atom stereocenters. The third-order valence-corrected chi connectivity index (χ3v) is 13.9. The zero-order chi connectivity index (χ0) is 39.7. The minimum atomic E-state index is -0.396. The number of nitrogens with zero attached hydrogens (tertiary/aromatic N) is 1. The minimum absolute atomic E-state index is 0.147. The first-order valence-corrected chi connectivity index (χ1v) is 21.0. The monoisotopic (exact) mass is 765 g/mol. The van der Waals surface area contributed by atoms with Crippen molar-refractivity contribution >= 4 is 39.0 Å². The fourth-order valence-corrected chi connectivity index (χ4v) is 11.3. The molecule has 1 aromatic heterocycles. The number of anilines is 3. The Balaban J connectivity index is 1.06. The molecule has 10 aromatic rings. The Hall–Kier alpha value is -7.42. The van der Waals surface area contributed by atoms with Crippen LogP contribution in [0.1, 0.15) is 47.2 Å². The number of rotatable bonds is 4. The molecule has 3 aliphatic carbocycles. The van der Waals surface area contributed by atoms with E-state index >= 15 is 0 Å². The van der Waals surface area contributed by atoms with Gasteiger partial charge in [-0.3, -0.25) is 0 Å². The highest BCUT2D eigenvalue weighted by Crippen LogP contribution is 2.63. The highest BCUT2D eigenvalue weighted by atomic mass is 16.3. The van der Waals surface area contributed by atoms with Crippen molar-refractivity contribution in [1.82, 2.24) is 0 Å². The van der Waals surface area contributed by atoms with E-state index in [0.717, 1.165) is 39.0 Å². The first kappa shape index (κ1) is 33.5. The van der Waals surface area contributed by atoms with Crippen molar-refractivity contribution in [3.8, 4) is 44.5 Å². The standard InChI is InChI=1S/C58H39NO/c1-57(2)48-31-28-38(34-47(48)56-40(21-14-25-53(56)57)36-15-4-3-5-16-36)59(39-27-30-45-44-20-9-13-26-54(44)60-55(45)35-39)37-29-32-52-46(33-37)43-19-8-12-24-51(43)58(52)49-22-10-6-17-41(49)42-18-7-11-23-50(42)58/h3-35H,1-2H3. The zero-order valence-electron chi connectivity index (χ0n) is 33.4. The molecule has 0 radical (unpaired) electrons. The Morgan fingerprint density at radius 2 is 0.850 bits per heavy atom. The highest BCUT2D eigenvalue weighted by molar-refractivity contribution is 6.06.